The van der Waals surface area contributed by atoms with Crippen molar-refractivity contribution < 1.29 is 18.7 Å². The van der Waals surface area contributed by atoms with Gasteiger partial charge in [-0.1, -0.05) is 17.7 Å². The number of oxazole rings is 1. The molecule has 0 bridgehead atoms. The topological polar surface area (TPSA) is 113 Å². The fourth-order valence-corrected chi connectivity index (χ4v) is 5.74. The molecule has 0 spiro atoms. The van der Waals surface area contributed by atoms with Crippen molar-refractivity contribution in [2.45, 2.75) is 38.2 Å². The van der Waals surface area contributed by atoms with Gasteiger partial charge in [-0.15, -0.1) is 0 Å². The van der Waals surface area contributed by atoms with Gasteiger partial charge < -0.3 is 29.1 Å². The van der Waals surface area contributed by atoms with Crippen molar-refractivity contribution in [2.24, 2.45) is 12.8 Å². The number of halogens is 1. The Morgan fingerprint density at radius 1 is 1.18 bits per heavy atom. The SMILES string of the molecule is Cc1ccc2oc(C3CCN(c4c(C(N)=O)c(=O)n(C)c5cc(OC6CCOC6)c(Cl)cc45)CC3)nc2c1. The molecule has 2 N–H and O–H groups in total. The van der Waals surface area contributed by atoms with Gasteiger partial charge in [0.05, 0.1) is 29.4 Å². The fourth-order valence-electron chi connectivity index (χ4n) is 5.53. The molecule has 2 aromatic carbocycles. The van der Waals surface area contributed by atoms with E-state index >= 15 is 0 Å². The van der Waals surface area contributed by atoms with E-state index in [0.29, 0.717) is 53.7 Å². The lowest BCUT2D eigenvalue weighted by Crippen LogP contribution is -2.38. The van der Waals surface area contributed by atoms with E-state index in [-0.39, 0.29) is 17.6 Å². The molecule has 10 heteroatoms. The van der Waals surface area contributed by atoms with Gasteiger partial charge in [0.2, 0.25) is 0 Å². The Bertz CT molecular complexity index is 1610. The molecule has 2 aromatic heterocycles. The Hall–Kier alpha value is -3.56. The van der Waals surface area contributed by atoms with E-state index in [1.54, 1.807) is 19.2 Å². The van der Waals surface area contributed by atoms with Crippen LogP contribution in [0.1, 0.15) is 47.0 Å². The molecular formula is C28H29ClN4O5. The second-order valence-electron chi connectivity index (χ2n) is 10.1. The molecule has 0 radical (unpaired) electrons. The third-order valence-corrected chi connectivity index (χ3v) is 7.87. The average Bonchev–Trinajstić information content (AvgIpc) is 3.56. The van der Waals surface area contributed by atoms with Crippen LogP contribution in [-0.2, 0) is 11.8 Å². The number of rotatable bonds is 5. The van der Waals surface area contributed by atoms with Crippen molar-refractivity contribution in [1.82, 2.24) is 9.55 Å². The van der Waals surface area contributed by atoms with Gasteiger partial charge >= 0.3 is 0 Å². The molecule has 1 unspecified atom stereocenters. The lowest BCUT2D eigenvalue weighted by atomic mass is 9.95. The number of amides is 1. The van der Waals surface area contributed by atoms with E-state index in [9.17, 15) is 9.59 Å². The molecule has 38 heavy (non-hydrogen) atoms. The number of aryl methyl sites for hydroxylation is 2. The molecule has 2 saturated heterocycles. The zero-order valence-corrected chi connectivity index (χ0v) is 22.1. The lowest BCUT2D eigenvalue weighted by Gasteiger charge is -2.34. The maximum atomic E-state index is 13.4. The highest BCUT2D eigenvalue weighted by atomic mass is 35.5. The molecule has 9 nitrogen and oxygen atoms in total. The summed E-state index contributed by atoms with van der Waals surface area (Å²) < 4.78 is 19.0. The first-order valence-corrected chi connectivity index (χ1v) is 13.2. The molecule has 6 rings (SSSR count). The molecule has 2 aliphatic rings. The second kappa shape index (κ2) is 9.63. The summed E-state index contributed by atoms with van der Waals surface area (Å²) in [6, 6.07) is 9.50. The van der Waals surface area contributed by atoms with E-state index in [2.05, 4.69) is 4.90 Å². The minimum Gasteiger partial charge on any atom is -0.486 e. The lowest BCUT2D eigenvalue weighted by molar-refractivity contribution is 0.0999. The summed E-state index contributed by atoms with van der Waals surface area (Å²) in [4.78, 5) is 32.7. The number of carbonyl (C=O) groups is 1. The highest BCUT2D eigenvalue weighted by Gasteiger charge is 2.30. The second-order valence-corrected chi connectivity index (χ2v) is 10.5. The zero-order chi connectivity index (χ0) is 26.6. The van der Waals surface area contributed by atoms with Crippen molar-refractivity contribution in [1.29, 1.82) is 0 Å². The number of pyridine rings is 1. The summed E-state index contributed by atoms with van der Waals surface area (Å²) in [7, 11) is 1.62. The van der Waals surface area contributed by atoms with Gasteiger partial charge in [-0.2, -0.15) is 0 Å². The minimum absolute atomic E-state index is 0.0373. The number of aromatic nitrogens is 2. The summed E-state index contributed by atoms with van der Waals surface area (Å²) in [5, 5.41) is 1.08. The van der Waals surface area contributed by atoms with Crippen LogP contribution in [0.3, 0.4) is 0 Å². The van der Waals surface area contributed by atoms with Crippen molar-refractivity contribution in [3.63, 3.8) is 0 Å². The molecule has 2 fully saturated rings. The molecule has 4 aromatic rings. The Labute approximate surface area is 224 Å². The first kappa shape index (κ1) is 24.8. The van der Waals surface area contributed by atoms with Crippen LogP contribution in [0.2, 0.25) is 5.02 Å². The van der Waals surface area contributed by atoms with E-state index in [0.717, 1.165) is 41.8 Å². The van der Waals surface area contributed by atoms with Crippen molar-refractivity contribution in [2.75, 3.05) is 31.2 Å². The van der Waals surface area contributed by atoms with Crippen LogP contribution in [0, 0.1) is 6.92 Å². The summed E-state index contributed by atoms with van der Waals surface area (Å²) >= 11 is 6.66. The number of hydrogen-bond acceptors (Lipinski definition) is 7. The van der Waals surface area contributed by atoms with Gasteiger partial charge in [0, 0.05) is 43.9 Å². The summed E-state index contributed by atoms with van der Waals surface area (Å²) in [5.41, 5.74) is 9.16. The molecule has 0 aliphatic carbocycles. The molecule has 4 heterocycles. The van der Waals surface area contributed by atoms with Crippen LogP contribution in [0.5, 0.6) is 5.75 Å². The van der Waals surface area contributed by atoms with Crippen LogP contribution < -0.4 is 20.9 Å². The van der Waals surface area contributed by atoms with Crippen LogP contribution in [0.4, 0.5) is 5.69 Å². The highest BCUT2D eigenvalue weighted by molar-refractivity contribution is 6.33. The Balaban J connectivity index is 1.36. The standard InChI is InChI=1S/C28H29ClN4O5/c1-15-3-4-22-20(11-15)31-27(38-22)16-5-8-33(9-6-16)25-18-12-19(29)23(37-17-7-10-36-14-17)13-21(18)32(2)28(35)24(25)26(30)34/h3-4,11-13,16-17H,5-10,14H2,1-2H3,(H2,30,34). The third kappa shape index (κ3) is 4.29. The largest absolute Gasteiger partial charge is 0.486 e. The normalized spacial score (nSPS) is 18.5. The van der Waals surface area contributed by atoms with Crippen LogP contribution >= 0.6 is 11.6 Å². The smallest absolute Gasteiger partial charge is 0.265 e. The quantitative estimate of drug-likeness (QED) is 0.405. The number of ether oxygens (including phenoxy) is 2. The number of fused-ring (bicyclic) bond motifs is 2. The third-order valence-electron chi connectivity index (χ3n) is 7.57. The molecule has 1 atom stereocenters. The maximum Gasteiger partial charge on any atom is 0.265 e. The number of benzene rings is 2. The van der Waals surface area contributed by atoms with Gasteiger partial charge in [0.15, 0.2) is 11.5 Å². The number of hydrogen-bond donors (Lipinski definition) is 1. The first-order chi connectivity index (χ1) is 18.3. The van der Waals surface area contributed by atoms with Gasteiger partial charge in [0.1, 0.15) is 22.9 Å². The molecule has 2 aliphatic heterocycles. The van der Waals surface area contributed by atoms with Gasteiger partial charge in [0.25, 0.3) is 11.5 Å². The summed E-state index contributed by atoms with van der Waals surface area (Å²) in [6.45, 7) is 4.36. The van der Waals surface area contributed by atoms with E-state index < -0.39 is 11.5 Å². The number of piperidine rings is 1. The molecule has 0 saturated carbocycles. The van der Waals surface area contributed by atoms with Crippen LogP contribution in [-0.4, -0.2) is 47.9 Å². The number of nitrogens with zero attached hydrogens (tertiary/aromatic N) is 3. The molecule has 198 valence electrons. The Morgan fingerprint density at radius 2 is 1.97 bits per heavy atom. The van der Waals surface area contributed by atoms with Gasteiger partial charge in [-0.3, -0.25) is 9.59 Å². The Kier molecular flexibility index (Phi) is 6.28. The van der Waals surface area contributed by atoms with Crippen molar-refractivity contribution in [3.05, 3.63) is 62.7 Å². The fraction of sp³-hybridized carbons (Fsp3) is 0.393. The van der Waals surface area contributed by atoms with Crippen LogP contribution in [0.25, 0.3) is 22.0 Å². The predicted octanol–water partition coefficient (Wildman–Crippen LogP) is 4.29. The highest BCUT2D eigenvalue weighted by Crippen LogP contribution is 2.39. The summed E-state index contributed by atoms with van der Waals surface area (Å²) in [5.74, 6) is 0.562. The van der Waals surface area contributed by atoms with E-state index in [1.807, 2.05) is 25.1 Å². The van der Waals surface area contributed by atoms with Crippen molar-refractivity contribution in [3.8, 4) is 5.75 Å². The maximum absolute atomic E-state index is 13.4. The molecule has 1 amide bonds. The van der Waals surface area contributed by atoms with Crippen molar-refractivity contribution >= 4 is 45.2 Å². The average molecular weight is 537 g/mol. The first-order valence-electron chi connectivity index (χ1n) is 12.8. The number of anilines is 1. The van der Waals surface area contributed by atoms with Crippen LogP contribution in [0.15, 0.2) is 39.5 Å². The number of nitrogens with two attached hydrogens (primary N) is 1. The number of carbonyl (C=O) groups excluding carboxylic acids is 1. The van der Waals surface area contributed by atoms with E-state index in [1.165, 1.54) is 4.57 Å². The molecular weight excluding hydrogens is 508 g/mol. The van der Waals surface area contributed by atoms with E-state index in [4.69, 9.17) is 36.2 Å². The van der Waals surface area contributed by atoms with Gasteiger partial charge in [-0.05, 0) is 43.5 Å². The zero-order valence-electron chi connectivity index (χ0n) is 21.3. The summed E-state index contributed by atoms with van der Waals surface area (Å²) in [6.07, 6.45) is 2.17. The monoisotopic (exact) mass is 536 g/mol. The predicted molar refractivity (Wildman–Crippen MR) is 146 cm³/mol. The van der Waals surface area contributed by atoms with Gasteiger partial charge in [-0.25, -0.2) is 4.98 Å². The minimum atomic E-state index is -0.765. The number of primary amides is 1. The Morgan fingerprint density at radius 3 is 2.68 bits per heavy atom.